The van der Waals surface area contributed by atoms with Gasteiger partial charge in [-0.05, 0) is 36.8 Å². The molecule has 0 spiro atoms. The number of hydrogen-bond donors (Lipinski definition) is 2. The molecule has 3 heteroatoms. The molecule has 0 saturated heterocycles. The molecule has 0 amide bonds. The average molecular weight is 265 g/mol. The van der Waals surface area contributed by atoms with Crippen LogP contribution in [0.25, 0.3) is 0 Å². The lowest BCUT2D eigenvalue weighted by Crippen LogP contribution is -2.22. The predicted molar refractivity (Wildman–Crippen MR) is 79.8 cm³/mol. The zero-order chi connectivity index (χ0) is 14.6. The SMILES string of the molecule is COc1c(CC(CN)CO)cc(C)cc1C(C)(C)C. The summed E-state index contributed by atoms with van der Waals surface area (Å²) in [5.74, 6) is 1.02. The number of aryl methyl sites for hydroxylation is 1. The quantitative estimate of drug-likeness (QED) is 0.859. The lowest BCUT2D eigenvalue weighted by molar-refractivity contribution is 0.228. The molecule has 0 aliphatic heterocycles. The third kappa shape index (κ3) is 3.95. The normalized spacial score (nSPS) is 13.4. The largest absolute Gasteiger partial charge is 0.496 e. The summed E-state index contributed by atoms with van der Waals surface area (Å²) in [6.45, 7) is 9.23. The first-order valence-corrected chi connectivity index (χ1v) is 6.82. The maximum Gasteiger partial charge on any atom is 0.125 e. The second-order valence-electron chi connectivity index (χ2n) is 6.24. The first kappa shape index (κ1) is 16.0. The van der Waals surface area contributed by atoms with Gasteiger partial charge in [-0.1, -0.05) is 38.5 Å². The molecule has 1 aromatic rings. The van der Waals surface area contributed by atoms with Crippen LogP contribution >= 0.6 is 0 Å². The lowest BCUT2D eigenvalue weighted by Gasteiger charge is -2.25. The summed E-state index contributed by atoms with van der Waals surface area (Å²) in [5.41, 5.74) is 9.28. The summed E-state index contributed by atoms with van der Waals surface area (Å²) < 4.78 is 5.63. The van der Waals surface area contributed by atoms with Gasteiger partial charge >= 0.3 is 0 Å². The minimum absolute atomic E-state index is 0.0313. The van der Waals surface area contributed by atoms with Gasteiger partial charge in [-0.3, -0.25) is 0 Å². The van der Waals surface area contributed by atoms with Crippen LogP contribution in [0.4, 0.5) is 0 Å². The van der Waals surface area contributed by atoms with Crippen molar-refractivity contribution in [2.45, 2.75) is 39.5 Å². The molecule has 0 aliphatic rings. The van der Waals surface area contributed by atoms with Gasteiger partial charge in [-0.2, -0.15) is 0 Å². The average Bonchev–Trinajstić information content (AvgIpc) is 2.34. The van der Waals surface area contributed by atoms with Crippen LogP contribution in [-0.2, 0) is 11.8 Å². The van der Waals surface area contributed by atoms with Crippen LogP contribution in [0, 0.1) is 12.8 Å². The molecule has 0 bridgehead atoms. The fourth-order valence-corrected chi connectivity index (χ4v) is 2.33. The monoisotopic (exact) mass is 265 g/mol. The zero-order valence-electron chi connectivity index (χ0n) is 12.8. The lowest BCUT2D eigenvalue weighted by atomic mass is 9.83. The van der Waals surface area contributed by atoms with Crippen LogP contribution in [0.3, 0.4) is 0 Å². The molecule has 1 rings (SSSR count). The fraction of sp³-hybridized carbons (Fsp3) is 0.625. The summed E-state index contributed by atoms with van der Waals surface area (Å²) in [4.78, 5) is 0. The van der Waals surface area contributed by atoms with Crippen LogP contribution in [0.15, 0.2) is 12.1 Å². The minimum atomic E-state index is 0.0313. The Balaban J connectivity index is 3.27. The summed E-state index contributed by atoms with van der Waals surface area (Å²) in [5, 5.41) is 9.33. The maximum atomic E-state index is 9.33. The van der Waals surface area contributed by atoms with E-state index in [0.29, 0.717) is 6.54 Å². The van der Waals surface area contributed by atoms with Gasteiger partial charge in [0.15, 0.2) is 0 Å². The van der Waals surface area contributed by atoms with Crippen LogP contribution < -0.4 is 10.5 Å². The Morgan fingerprint density at radius 3 is 2.37 bits per heavy atom. The number of nitrogens with two attached hydrogens (primary N) is 1. The van der Waals surface area contributed by atoms with Crippen LogP contribution in [0.2, 0.25) is 0 Å². The molecule has 0 aliphatic carbocycles. The second-order valence-corrected chi connectivity index (χ2v) is 6.24. The van der Waals surface area contributed by atoms with Crippen molar-refractivity contribution >= 4 is 0 Å². The molecule has 108 valence electrons. The minimum Gasteiger partial charge on any atom is -0.496 e. The van der Waals surface area contributed by atoms with Gasteiger partial charge in [0.1, 0.15) is 5.75 Å². The summed E-state index contributed by atoms with van der Waals surface area (Å²) in [6, 6.07) is 4.31. The first-order valence-electron chi connectivity index (χ1n) is 6.82. The highest BCUT2D eigenvalue weighted by Gasteiger charge is 2.22. The number of rotatable bonds is 5. The molecule has 1 atom stereocenters. The maximum absolute atomic E-state index is 9.33. The van der Waals surface area contributed by atoms with Crippen molar-refractivity contribution in [1.29, 1.82) is 0 Å². The van der Waals surface area contributed by atoms with E-state index in [1.54, 1.807) is 7.11 Å². The molecular weight excluding hydrogens is 238 g/mol. The predicted octanol–water partition coefficient (Wildman–Crippen LogP) is 2.41. The summed E-state index contributed by atoms with van der Waals surface area (Å²) >= 11 is 0. The van der Waals surface area contributed by atoms with Gasteiger partial charge in [-0.15, -0.1) is 0 Å². The van der Waals surface area contributed by atoms with Crippen molar-refractivity contribution in [3.63, 3.8) is 0 Å². The Morgan fingerprint density at radius 1 is 1.32 bits per heavy atom. The van der Waals surface area contributed by atoms with E-state index in [-0.39, 0.29) is 17.9 Å². The van der Waals surface area contributed by atoms with Gasteiger partial charge in [0, 0.05) is 12.2 Å². The standard InChI is InChI=1S/C16H27NO2/c1-11-6-13(8-12(9-17)10-18)15(19-5)14(7-11)16(2,3)4/h6-7,12,18H,8-10,17H2,1-5H3. The van der Waals surface area contributed by atoms with Crippen molar-refractivity contribution < 1.29 is 9.84 Å². The van der Waals surface area contributed by atoms with Crippen molar-refractivity contribution in [1.82, 2.24) is 0 Å². The number of benzene rings is 1. The van der Waals surface area contributed by atoms with E-state index in [0.717, 1.165) is 17.7 Å². The molecule has 3 nitrogen and oxygen atoms in total. The fourth-order valence-electron chi connectivity index (χ4n) is 2.33. The molecule has 0 radical (unpaired) electrons. The highest BCUT2D eigenvalue weighted by molar-refractivity contribution is 5.48. The third-order valence-corrected chi connectivity index (χ3v) is 3.42. The second kappa shape index (κ2) is 6.40. The Kier molecular flexibility index (Phi) is 5.39. The van der Waals surface area contributed by atoms with Crippen molar-refractivity contribution in [2.24, 2.45) is 11.7 Å². The number of methoxy groups -OCH3 is 1. The number of aliphatic hydroxyl groups excluding tert-OH is 1. The Labute approximate surface area is 116 Å². The zero-order valence-corrected chi connectivity index (χ0v) is 12.8. The molecular formula is C16H27NO2. The highest BCUT2D eigenvalue weighted by Crippen LogP contribution is 2.36. The van der Waals surface area contributed by atoms with Gasteiger partial charge in [0.05, 0.1) is 7.11 Å². The van der Waals surface area contributed by atoms with E-state index >= 15 is 0 Å². The highest BCUT2D eigenvalue weighted by atomic mass is 16.5. The summed E-state index contributed by atoms with van der Waals surface area (Å²) in [6.07, 6.45) is 0.751. The van der Waals surface area contributed by atoms with E-state index < -0.39 is 0 Å². The van der Waals surface area contributed by atoms with Crippen molar-refractivity contribution in [2.75, 3.05) is 20.3 Å². The Bertz CT molecular complexity index is 417. The number of hydrogen-bond acceptors (Lipinski definition) is 3. The molecule has 1 unspecified atom stereocenters. The topological polar surface area (TPSA) is 55.5 Å². The van der Waals surface area contributed by atoms with Gasteiger partial charge in [0.2, 0.25) is 0 Å². The Hall–Kier alpha value is -1.06. The molecule has 1 aromatic carbocycles. The van der Waals surface area contributed by atoms with Crippen LogP contribution in [0.1, 0.15) is 37.5 Å². The summed E-state index contributed by atoms with van der Waals surface area (Å²) in [7, 11) is 1.71. The van der Waals surface area contributed by atoms with Crippen molar-refractivity contribution in [3.8, 4) is 5.75 Å². The number of aliphatic hydroxyl groups is 1. The van der Waals surface area contributed by atoms with Gasteiger partial charge < -0.3 is 15.6 Å². The molecule has 0 aromatic heterocycles. The first-order chi connectivity index (χ1) is 8.83. The number of ether oxygens (including phenoxy) is 1. The molecule has 0 saturated carbocycles. The van der Waals surface area contributed by atoms with Crippen molar-refractivity contribution in [3.05, 3.63) is 28.8 Å². The van der Waals surface area contributed by atoms with E-state index in [9.17, 15) is 5.11 Å². The molecule has 0 fully saturated rings. The molecule has 3 N–H and O–H groups in total. The van der Waals surface area contributed by atoms with Gasteiger partial charge in [-0.25, -0.2) is 0 Å². The smallest absolute Gasteiger partial charge is 0.125 e. The third-order valence-electron chi connectivity index (χ3n) is 3.42. The Morgan fingerprint density at radius 2 is 1.95 bits per heavy atom. The molecule has 19 heavy (non-hydrogen) atoms. The van der Waals surface area contributed by atoms with E-state index in [1.165, 1.54) is 11.1 Å². The van der Waals surface area contributed by atoms with Crippen LogP contribution in [0.5, 0.6) is 5.75 Å². The van der Waals surface area contributed by atoms with E-state index in [2.05, 4.69) is 39.8 Å². The van der Waals surface area contributed by atoms with E-state index in [4.69, 9.17) is 10.5 Å². The van der Waals surface area contributed by atoms with Gasteiger partial charge in [0.25, 0.3) is 0 Å². The molecule has 0 heterocycles. The van der Waals surface area contributed by atoms with Crippen LogP contribution in [-0.4, -0.2) is 25.4 Å². The van der Waals surface area contributed by atoms with E-state index in [1.807, 2.05) is 0 Å².